The Hall–Kier alpha value is -1.27. The number of fused-ring (bicyclic) bond motifs is 1. The number of alkyl halides is 3. The molecule has 0 radical (unpaired) electrons. The molecular formula is C22H27F3N2O. The van der Waals surface area contributed by atoms with Crippen LogP contribution in [0.4, 0.5) is 13.2 Å². The number of ether oxygens (including phenoxy) is 1. The Morgan fingerprint density at radius 2 is 2.14 bits per heavy atom. The predicted octanol–water partition coefficient (Wildman–Crippen LogP) is 3.51. The molecule has 4 fully saturated rings. The van der Waals surface area contributed by atoms with Gasteiger partial charge in [0.1, 0.15) is 5.75 Å². The molecule has 4 bridgehead atoms. The van der Waals surface area contributed by atoms with Crippen molar-refractivity contribution in [2.24, 2.45) is 17.3 Å². The molecule has 6 rings (SSSR count). The monoisotopic (exact) mass is 392 g/mol. The van der Waals surface area contributed by atoms with Crippen molar-refractivity contribution in [1.29, 1.82) is 0 Å². The minimum Gasteiger partial charge on any atom is -0.497 e. The van der Waals surface area contributed by atoms with Gasteiger partial charge in [-0.15, -0.1) is 0 Å². The summed E-state index contributed by atoms with van der Waals surface area (Å²) >= 11 is 0. The minimum atomic E-state index is -4.12. The van der Waals surface area contributed by atoms with Gasteiger partial charge in [-0.2, -0.15) is 13.2 Å². The molecule has 28 heavy (non-hydrogen) atoms. The predicted molar refractivity (Wildman–Crippen MR) is 99.5 cm³/mol. The lowest BCUT2D eigenvalue weighted by atomic mass is 9.44. The average Bonchev–Trinajstić information content (AvgIpc) is 3.05. The molecule has 2 aliphatic heterocycles. The van der Waals surface area contributed by atoms with Gasteiger partial charge < -0.3 is 10.1 Å². The molecule has 0 spiro atoms. The number of hydrogen-bond donors (Lipinski definition) is 1. The van der Waals surface area contributed by atoms with Gasteiger partial charge in [-0.3, -0.25) is 4.90 Å². The summed E-state index contributed by atoms with van der Waals surface area (Å²) in [6.07, 6.45) is 1.01. The molecule has 152 valence electrons. The average molecular weight is 392 g/mol. The van der Waals surface area contributed by atoms with E-state index in [-0.39, 0.29) is 16.9 Å². The van der Waals surface area contributed by atoms with Crippen LogP contribution in [-0.4, -0.2) is 49.9 Å². The lowest BCUT2D eigenvalue weighted by Crippen LogP contribution is -2.69. The highest BCUT2D eigenvalue weighted by Gasteiger charge is 2.75. The van der Waals surface area contributed by atoms with E-state index in [1.54, 1.807) is 12.0 Å². The van der Waals surface area contributed by atoms with Crippen LogP contribution in [0.2, 0.25) is 0 Å². The number of hydrogen-bond acceptors (Lipinski definition) is 3. The Balaban J connectivity index is 1.51. The van der Waals surface area contributed by atoms with Crippen molar-refractivity contribution in [2.45, 2.75) is 55.8 Å². The van der Waals surface area contributed by atoms with Gasteiger partial charge in [0.2, 0.25) is 0 Å². The molecule has 2 heterocycles. The standard InChI is InChI=1S/C22H27F3N2O/c1-28-15-3-2-13-8-18-20-5-4-17-19(21(20,6-7-26-18)16(13)9-15)14(10-20)11-27(17)12-22(23,24)25/h2-3,9,14,17-19,26H,4-8,10-12H2,1H3/t14-,17?,18-,19?,20-,21+/m1/s1. The third-order valence-corrected chi connectivity index (χ3v) is 9.01. The maximum atomic E-state index is 13.3. The summed E-state index contributed by atoms with van der Waals surface area (Å²) in [4.78, 5) is 1.78. The Morgan fingerprint density at radius 1 is 1.29 bits per heavy atom. The van der Waals surface area contributed by atoms with Crippen molar-refractivity contribution in [3.8, 4) is 5.75 Å². The molecule has 1 N–H and O–H groups in total. The van der Waals surface area contributed by atoms with Crippen LogP contribution in [0, 0.1) is 17.3 Å². The van der Waals surface area contributed by atoms with Crippen LogP contribution in [0.25, 0.3) is 0 Å². The Morgan fingerprint density at radius 3 is 2.93 bits per heavy atom. The molecule has 5 aliphatic rings. The molecule has 1 aromatic carbocycles. The second-order valence-corrected chi connectivity index (χ2v) is 9.75. The molecule has 3 aliphatic carbocycles. The topological polar surface area (TPSA) is 24.5 Å². The third kappa shape index (κ3) is 1.99. The molecule has 2 saturated heterocycles. The highest BCUT2D eigenvalue weighted by atomic mass is 19.4. The summed E-state index contributed by atoms with van der Waals surface area (Å²) in [6, 6.07) is 7.00. The molecule has 0 amide bonds. The van der Waals surface area contributed by atoms with E-state index in [0.29, 0.717) is 24.4 Å². The number of likely N-dealkylation sites (tertiary alicyclic amines) is 1. The van der Waals surface area contributed by atoms with Crippen LogP contribution in [0.15, 0.2) is 18.2 Å². The van der Waals surface area contributed by atoms with Crippen molar-refractivity contribution in [1.82, 2.24) is 10.2 Å². The zero-order chi connectivity index (χ0) is 19.3. The van der Waals surface area contributed by atoms with E-state index in [1.807, 2.05) is 6.07 Å². The number of nitrogens with one attached hydrogen (secondary N) is 1. The summed E-state index contributed by atoms with van der Waals surface area (Å²) < 4.78 is 45.3. The second kappa shape index (κ2) is 5.45. The minimum absolute atomic E-state index is 0.0129. The van der Waals surface area contributed by atoms with Gasteiger partial charge in [0.15, 0.2) is 0 Å². The molecule has 1 aromatic rings. The van der Waals surface area contributed by atoms with Crippen LogP contribution in [0.3, 0.4) is 0 Å². The largest absolute Gasteiger partial charge is 0.497 e. The van der Waals surface area contributed by atoms with Gasteiger partial charge in [0.25, 0.3) is 0 Å². The smallest absolute Gasteiger partial charge is 0.401 e. The lowest BCUT2D eigenvalue weighted by molar-refractivity contribution is -0.154. The maximum absolute atomic E-state index is 13.3. The Kier molecular flexibility index (Phi) is 3.42. The number of halogens is 3. The maximum Gasteiger partial charge on any atom is 0.401 e. The van der Waals surface area contributed by atoms with Crippen molar-refractivity contribution < 1.29 is 17.9 Å². The SMILES string of the molecule is COc1ccc2c(c1)[C@]13CCN[C@H](C2)[C@]12CCC1C3[C@@H](CN1CC(F)(F)F)C2. The van der Waals surface area contributed by atoms with Gasteiger partial charge in [0.05, 0.1) is 13.7 Å². The molecule has 2 saturated carbocycles. The normalized spacial score (nSPS) is 43.6. The zero-order valence-electron chi connectivity index (χ0n) is 16.2. The van der Waals surface area contributed by atoms with Crippen LogP contribution in [0.1, 0.15) is 36.8 Å². The number of nitrogens with zero attached hydrogens (tertiary/aromatic N) is 1. The van der Waals surface area contributed by atoms with Gasteiger partial charge >= 0.3 is 6.18 Å². The lowest BCUT2D eigenvalue weighted by Gasteiger charge is -2.64. The van der Waals surface area contributed by atoms with Crippen molar-refractivity contribution in [3.05, 3.63) is 29.3 Å². The van der Waals surface area contributed by atoms with Gasteiger partial charge in [-0.05, 0) is 79.2 Å². The fourth-order valence-electron chi connectivity index (χ4n) is 8.53. The van der Waals surface area contributed by atoms with Crippen molar-refractivity contribution in [3.63, 3.8) is 0 Å². The summed E-state index contributed by atoms with van der Waals surface area (Å²) in [5, 5.41) is 3.82. The van der Waals surface area contributed by atoms with E-state index < -0.39 is 12.7 Å². The van der Waals surface area contributed by atoms with E-state index in [1.165, 1.54) is 11.1 Å². The van der Waals surface area contributed by atoms with E-state index in [2.05, 4.69) is 17.4 Å². The van der Waals surface area contributed by atoms with Crippen molar-refractivity contribution in [2.75, 3.05) is 26.7 Å². The van der Waals surface area contributed by atoms with E-state index in [9.17, 15) is 13.2 Å². The first-order chi connectivity index (χ1) is 13.4. The van der Waals surface area contributed by atoms with Crippen LogP contribution >= 0.6 is 0 Å². The first-order valence-corrected chi connectivity index (χ1v) is 10.6. The highest BCUT2D eigenvalue weighted by Crippen LogP contribution is 2.74. The Labute approximate surface area is 163 Å². The molecule has 6 atom stereocenters. The van der Waals surface area contributed by atoms with Crippen LogP contribution in [-0.2, 0) is 11.8 Å². The van der Waals surface area contributed by atoms with Crippen LogP contribution < -0.4 is 10.1 Å². The summed E-state index contributed by atoms with van der Waals surface area (Å²) in [5.74, 6) is 1.61. The van der Waals surface area contributed by atoms with Gasteiger partial charge in [-0.1, -0.05) is 6.07 Å². The number of rotatable bonds is 2. The molecule has 2 unspecified atom stereocenters. The summed E-state index contributed by atoms with van der Waals surface area (Å²) in [6.45, 7) is 0.836. The van der Waals surface area contributed by atoms with E-state index >= 15 is 0 Å². The fraction of sp³-hybridized carbons (Fsp3) is 0.727. The first-order valence-electron chi connectivity index (χ1n) is 10.6. The highest BCUT2D eigenvalue weighted by molar-refractivity contribution is 5.50. The number of benzene rings is 1. The van der Waals surface area contributed by atoms with E-state index in [0.717, 1.165) is 44.4 Å². The molecule has 3 nitrogen and oxygen atoms in total. The number of piperidine rings is 1. The fourth-order valence-corrected chi connectivity index (χ4v) is 8.53. The van der Waals surface area contributed by atoms with Crippen molar-refractivity contribution >= 4 is 0 Å². The quantitative estimate of drug-likeness (QED) is 0.834. The zero-order valence-corrected chi connectivity index (χ0v) is 16.2. The van der Waals surface area contributed by atoms with Gasteiger partial charge in [-0.25, -0.2) is 0 Å². The van der Waals surface area contributed by atoms with E-state index in [4.69, 9.17) is 4.74 Å². The van der Waals surface area contributed by atoms with Gasteiger partial charge in [0, 0.05) is 24.0 Å². The molecular weight excluding hydrogens is 365 g/mol. The van der Waals surface area contributed by atoms with Crippen LogP contribution in [0.5, 0.6) is 5.75 Å². The first kappa shape index (κ1) is 17.6. The molecule has 0 aromatic heterocycles. The third-order valence-electron chi connectivity index (χ3n) is 9.01. The summed E-state index contributed by atoms with van der Waals surface area (Å²) in [7, 11) is 1.70. The molecule has 6 heteroatoms. The second-order valence-electron chi connectivity index (χ2n) is 9.75. The number of methoxy groups -OCH3 is 1. The summed E-state index contributed by atoms with van der Waals surface area (Å²) in [5.41, 5.74) is 3.00. The Bertz CT molecular complexity index is 826.